The topological polar surface area (TPSA) is 105 Å². The number of hydrogen-bond donors (Lipinski definition) is 3. The number of benzene rings is 1. The molecule has 6 nitrogen and oxygen atoms in total. The molecule has 0 saturated heterocycles. The molecular weight excluding hydrogens is 310 g/mol. The number of nitrogens with zero attached hydrogens (tertiary/aromatic N) is 1. The van der Waals surface area contributed by atoms with E-state index in [4.69, 9.17) is 5.11 Å². The zero-order valence-electron chi connectivity index (χ0n) is 11.7. The smallest absolute Gasteiger partial charge is 0.316 e. The summed E-state index contributed by atoms with van der Waals surface area (Å²) < 4.78 is 1.83. The van der Waals surface area contributed by atoms with E-state index in [0.29, 0.717) is 0 Å². The van der Waals surface area contributed by atoms with Crippen molar-refractivity contribution in [1.82, 2.24) is 10.3 Å². The summed E-state index contributed by atoms with van der Waals surface area (Å²) in [6, 6.07) is 7.70. The molecular formula is C13H17N3O3S2. The summed E-state index contributed by atoms with van der Waals surface area (Å²) in [6.07, 6.45) is 0. The Hall–Kier alpha value is -1.64. The van der Waals surface area contributed by atoms with Crippen molar-refractivity contribution < 1.29 is 14.7 Å². The number of amides is 1. The highest BCUT2D eigenvalue weighted by Crippen LogP contribution is 2.30. The summed E-state index contributed by atoms with van der Waals surface area (Å²) >= 11 is 2.79. The summed E-state index contributed by atoms with van der Waals surface area (Å²) in [5.74, 6) is -2.48. The number of aromatic nitrogens is 1. The van der Waals surface area contributed by atoms with Crippen LogP contribution in [-0.4, -0.2) is 41.8 Å². The van der Waals surface area contributed by atoms with Crippen molar-refractivity contribution in [3.63, 3.8) is 0 Å². The van der Waals surface area contributed by atoms with Crippen LogP contribution in [0.2, 0.25) is 0 Å². The fourth-order valence-electron chi connectivity index (χ4n) is 1.50. The van der Waals surface area contributed by atoms with Crippen LogP contribution in [0.4, 0.5) is 0 Å². The highest BCUT2D eigenvalue weighted by atomic mass is 32.2. The van der Waals surface area contributed by atoms with Gasteiger partial charge in [-0.1, -0.05) is 23.9 Å². The quantitative estimate of drug-likeness (QED) is 0.566. The molecule has 1 unspecified atom stereocenters. The number of thiazole rings is 1. The molecule has 0 radical (unpaired) electrons. The molecule has 1 heterocycles. The van der Waals surface area contributed by atoms with Crippen LogP contribution in [0.1, 0.15) is 0 Å². The van der Waals surface area contributed by atoms with Gasteiger partial charge in [0.1, 0.15) is 5.92 Å². The third-order valence-corrected chi connectivity index (χ3v) is 4.78. The van der Waals surface area contributed by atoms with Gasteiger partial charge in [0, 0.05) is 12.8 Å². The minimum atomic E-state index is -1.12. The van der Waals surface area contributed by atoms with Crippen molar-refractivity contribution >= 4 is 45.2 Å². The van der Waals surface area contributed by atoms with E-state index >= 15 is 0 Å². The lowest BCUT2D eigenvalue weighted by Gasteiger charge is -2.08. The average Bonchev–Trinajstić information content (AvgIpc) is 2.91. The Balaban J connectivity index is 0.00000106. The number of fused-ring (bicyclic) bond motifs is 1. The molecule has 1 amide bonds. The fraction of sp³-hybridized carbons (Fsp3) is 0.308. The summed E-state index contributed by atoms with van der Waals surface area (Å²) in [5.41, 5.74) is 5.39. The van der Waals surface area contributed by atoms with Gasteiger partial charge in [0.25, 0.3) is 0 Å². The van der Waals surface area contributed by atoms with E-state index in [1.54, 1.807) is 0 Å². The van der Waals surface area contributed by atoms with Crippen LogP contribution < -0.4 is 11.1 Å². The molecule has 21 heavy (non-hydrogen) atoms. The first kappa shape index (κ1) is 17.4. The highest BCUT2D eigenvalue weighted by Gasteiger charge is 2.25. The number of nitrogens with two attached hydrogens (primary N) is 1. The van der Waals surface area contributed by atoms with Gasteiger partial charge in [-0.3, -0.25) is 9.59 Å². The SMILES string of the molecule is CN.CNC(=O)C(CSc1nc2ccccc2s1)C(=O)O. The third-order valence-electron chi connectivity index (χ3n) is 2.51. The third kappa shape index (κ3) is 4.69. The Morgan fingerprint density at radius 1 is 1.43 bits per heavy atom. The number of para-hydroxylation sites is 1. The van der Waals surface area contributed by atoms with Crippen molar-refractivity contribution in [2.24, 2.45) is 11.7 Å². The number of carbonyl (C=O) groups excluding carboxylic acids is 1. The van der Waals surface area contributed by atoms with Gasteiger partial charge in [0.15, 0.2) is 4.34 Å². The van der Waals surface area contributed by atoms with Crippen molar-refractivity contribution in [3.05, 3.63) is 24.3 Å². The lowest BCUT2D eigenvalue weighted by Crippen LogP contribution is -2.34. The lowest BCUT2D eigenvalue weighted by molar-refractivity contribution is -0.145. The lowest BCUT2D eigenvalue weighted by atomic mass is 10.2. The first-order chi connectivity index (χ1) is 10.1. The van der Waals surface area contributed by atoms with Crippen molar-refractivity contribution in [3.8, 4) is 0 Å². The molecule has 4 N–H and O–H groups in total. The minimum Gasteiger partial charge on any atom is -0.481 e. The number of carboxylic acids is 1. The molecule has 0 aliphatic carbocycles. The van der Waals surface area contributed by atoms with Crippen LogP contribution in [0.15, 0.2) is 28.6 Å². The van der Waals surface area contributed by atoms with Gasteiger partial charge < -0.3 is 16.2 Å². The molecule has 8 heteroatoms. The molecule has 0 fully saturated rings. The van der Waals surface area contributed by atoms with Gasteiger partial charge in [-0.25, -0.2) is 4.98 Å². The Morgan fingerprint density at radius 2 is 2.10 bits per heavy atom. The van der Waals surface area contributed by atoms with E-state index in [9.17, 15) is 9.59 Å². The molecule has 1 atom stereocenters. The normalized spacial score (nSPS) is 11.4. The summed E-state index contributed by atoms with van der Waals surface area (Å²) in [4.78, 5) is 26.8. The number of hydrogen-bond acceptors (Lipinski definition) is 6. The maximum atomic E-state index is 11.4. The molecule has 0 aliphatic heterocycles. The molecule has 1 aromatic heterocycles. The molecule has 0 saturated carbocycles. The van der Waals surface area contributed by atoms with Crippen LogP contribution in [0.5, 0.6) is 0 Å². The standard InChI is InChI=1S/C12H12N2O3S2.CH5N/c1-13-10(15)7(11(16)17)6-18-12-14-8-4-2-3-5-9(8)19-12;1-2/h2-5,7H,6H2,1H3,(H,13,15)(H,16,17);2H2,1H3. The maximum Gasteiger partial charge on any atom is 0.316 e. The largest absolute Gasteiger partial charge is 0.481 e. The van der Waals surface area contributed by atoms with E-state index in [0.717, 1.165) is 14.6 Å². The van der Waals surface area contributed by atoms with Gasteiger partial charge >= 0.3 is 5.97 Å². The van der Waals surface area contributed by atoms with Crippen LogP contribution in [0.25, 0.3) is 10.2 Å². The van der Waals surface area contributed by atoms with Crippen molar-refractivity contribution in [2.45, 2.75) is 4.34 Å². The molecule has 1 aromatic carbocycles. The van der Waals surface area contributed by atoms with Crippen LogP contribution >= 0.6 is 23.1 Å². The van der Waals surface area contributed by atoms with E-state index in [-0.39, 0.29) is 5.75 Å². The minimum absolute atomic E-state index is 0.175. The van der Waals surface area contributed by atoms with Crippen LogP contribution in [-0.2, 0) is 9.59 Å². The molecule has 0 aliphatic rings. The number of thioether (sulfide) groups is 1. The number of carboxylic acid groups (broad SMARTS) is 1. The number of nitrogens with one attached hydrogen (secondary N) is 1. The first-order valence-corrected chi connectivity index (χ1v) is 7.92. The zero-order valence-corrected chi connectivity index (χ0v) is 13.3. The van der Waals surface area contributed by atoms with Gasteiger partial charge in [-0.2, -0.15) is 0 Å². The van der Waals surface area contributed by atoms with Gasteiger partial charge in [0.05, 0.1) is 10.2 Å². The van der Waals surface area contributed by atoms with E-state index in [2.05, 4.69) is 16.0 Å². The Labute approximate surface area is 130 Å². The number of carbonyl (C=O) groups is 2. The van der Waals surface area contributed by atoms with E-state index in [1.807, 2.05) is 24.3 Å². The average molecular weight is 327 g/mol. The first-order valence-electron chi connectivity index (χ1n) is 6.12. The van der Waals surface area contributed by atoms with Gasteiger partial charge in [0.2, 0.25) is 5.91 Å². The molecule has 0 bridgehead atoms. The molecule has 0 spiro atoms. The fourth-order valence-corrected chi connectivity index (χ4v) is 3.67. The summed E-state index contributed by atoms with van der Waals surface area (Å²) in [7, 11) is 2.93. The molecule has 2 aromatic rings. The molecule has 2 rings (SSSR count). The summed E-state index contributed by atoms with van der Waals surface area (Å²) in [6.45, 7) is 0. The highest BCUT2D eigenvalue weighted by molar-refractivity contribution is 8.01. The van der Waals surface area contributed by atoms with E-state index < -0.39 is 17.8 Å². The van der Waals surface area contributed by atoms with E-state index in [1.165, 1.54) is 37.2 Å². The number of rotatable bonds is 5. The predicted octanol–water partition coefficient (Wildman–Crippen LogP) is 1.41. The van der Waals surface area contributed by atoms with Gasteiger partial charge in [-0.05, 0) is 19.2 Å². The predicted molar refractivity (Wildman–Crippen MR) is 85.6 cm³/mol. The Morgan fingerprint density at radius 3 is 2.67 bits per heavy atom. The van der Waals surface area contributed by atoms with Crippen LogP contribution in [0, 0.1) is 5.92 Å². The monoisotopic (exact) mass is 327 g/mol. The van der Waals surface area contributed by atoms with Gasteiger partial charge in [-0.15, -0.1) is 11.3 Å². The summed E-state index contributed by atoms with van der Waals surface area (Å²) in [5, 5.41) is 11.4. The number of aliphatic carboxylic acids is 1. The maximum absolute atomic E-state index is 11.4. The van der Waals surface area contributed by atoms with Crippen molar-refractivity contribution in [2.75, 3.05) is 19.8 Å². The molecule has 114 valence electrons. The Kier molecular flexibility index (Phi) is 7.13. The second kappa shape index (κ2) is 8.60. The van der Waals surface area contributed by atoms with Crippen LogP contribution in [0.3, 0.4) is 0 Å². The second-order valence-corrected chi connectivity index (χ2v) is 6.06. The van der Waals surface area contributed by atoms with Crippen molar-refractivity contribution in [1.29, 1.82) is 0 Å². The Bertz CT molecular complexity index is 582. The zero-order chi connectivity index (χ0) is 15.8. The second-order valence-electron chi connectivity index (χ2n) is 3.76.